The van der Waals surface area contributed by atoms with Gasteiger partial charge >= 0.3 is 5.69 Å². The fourth-order valence-electron chi connectivity index (χ4n) is 6.20. The van der Waals surface area contributed by atoms with Crippen molar-refractivity contribution in [2.45, 2.75) is 50.1 Å². The number of imidazole rings is 1. The third kappa shape index (κ3) is 3.92. The van der Waals surface area contributed by atoms with Crippen molar-refractivity contribution in [3.63, 3.8) is 0 Å². The number of aromatic amines is 1. The van der Waals surface area contributed by atoms with Crippen molar-refractivity contribution < 1.29 is 4.74 Å². The summed E-state index contributed by atoms with van der Waals surface area (Å²) in [5, 5.41) is 3.71. The minimum atomic E-state index is 0.0137. The van der Waals surface area contributed by atoms with Crippen LogP contribution in [0.1, 0.15) is 48.8 Å². The molecule has 1 aliphatic carbocycles. The number of hydrogen-bond acceptors (Lipinski definition) is 4. The molecule has 178 valence electrons. The predicted octanol–water partition coefficient (Wildman–Crippen LogP) is 3.47. The van der Waals surface area contributed by atoms with Crippen LogP contribution in [0.15, 0.2) is 52.3 Å². The van der Waals surface area contributed by atoms with Gasteiger partial charge < -0.3 is 19.9 Å². The maximum atomic E-state index is 12.5. The zero-order chi connectivity index (χ0) is 23.1. The molecule has 2 saturated heterocycles. The molecule has 0 bridgehead atoms. The first-order valence-corrected chi connectivity index (χ1v) is 12.6. The zero-order valence-corrected chi connectivity index (χ0v) is 19.8. The molecule has 0 amide bonds. The number of rotatable bonds is 5. The summed E-state index contributed by atoms with van der Waals surface area (Å²) >= 11 is 0. The quantitative estimate of drug-likeness (QED) is 0.613. The number of aromatic nitrogens is 2. The molecule has 2 atom stereocenters. The van der Waals surface area contributed by atoms with Crippen LogP contribution in [-0.2, 0) is 6.42 Å². The van der Waals surface area contributed by atoms with Gasteiger partial charge in [0.25, 0.3) is 0 Å². The second-order valence-electron chi connectivity index (χ2n) is 9.88. The Morgan fingerprint density at radius 2 is 1.97 bits per heavy atom. The lowest BCUT2D eigenvalue weighted by molar-refractivity contribution is 0.191. The number of H-pyrrole nitrogens is 1. The van der Waals surface area contributed by atoms with E-state index < -0.39 is 0 Å². The molecule has 2 fully saturated rings. The number of nitrogens with one attached hydrogen (secondary N) is 2. The van der Waals surface area contributed by atoms with Gasteiger partial charge in [-0.15, -0.1) is 0 Å². The molecule has 3 aromatic rings. The van der Waals surface area contributed by atoms with Crippen molar-refractivity contribution in [3.05, 3.63) is 64.1 Å². The number of amidine groups is 1. The molecular weight excluding hydrogens is 426 g/mol. The number of aliphatic imine (C=N–C) groups is 1. The van der Waals surface area contributed by atoms with Crippen molar-refractivity contribution in [2.24, 2.45) is 4.99 Å². The van der Waals surface area contributed by atoms with Crippen molar-refractivity contribution >= 4 is 16.9 Å². The summed E-state index contributed by atoms with van der Waals surface area (Å²) in [7, 11) is 1.74. The van der Waals surface area contributed by atoms with Crippen molar-refractivity contribution in [3.8, 4) is 5.75 Å². The topological polar surface area (TPSA) is 74.7 Å². The molecule has 1 aromatic heterocycles. The normalized spacial score (nSPS) is 24.2. The third-order valence-corrected chi connectivity index (χ3v) is 7.99. The van der Waals surface area contributed by atoms with Gasteiger partial charge in [0.15, 0.2) is 0 Å². The molecule has 0 radical (unpaired) electrons. The van der Waals surface area contributed by atoms with Crippen LogP contribution in [0.3, 0.4) is 0 Å². The van der Waals surface area contributed by atoms with Gasteiger partial charge in [-0.05, 0) is 61.1 Å². The summed E-state index contributed by atoms with van der Waals surface area (Å²) in [6, 6.07) is 15.3. The molecular formula is C27H33N5O2. The smallest absolute Gasteiger partial charge is 0.326 e. The second-order valence-corrected chi connectivity index (χ2v) is 9.88. The van der Waals surface area contributed by atoms with Gasteiger partial charge in [0, 0.05) is 44.1 Å². The number of aryl methyl sites for hydroxylation is 1. The summed E-state index contributed by atoms with van der Waals surface area (Å²) in [4.78, 5) is 23.0. The number of para-hydroxylation sites is 2. The number of ether oxygens (including phenoxy) is 1. The lowest BCUT2D eigenvalue weighted by atomic mass is 9.80. The second kappa shape index (κ2) is 8.95. The fraction of sp³-hybridized carbons (Fsp3) is 0.481. The van der Waals surface area contributed by atoms with E-state index in [9.17, 15) is 4.79 Å². The molecule has 3 heterocycles. The molecule has 6 rings (SSSR count). The summed E-state index contributed by atoms with van der Waals surface area (Å²) in [6.45, 7) is 3.82. The van der Waals surface area contributed by atoms with Crippen LogP contribution in [0, 0.1) is 0 Å². The van der Waals surface area contributed by atoms with E-state index in [1.807, 2.05) is 28.8 Å². The number of likely N-dealkylation sites (tertiary alicyclic amines) is 1. The number of piperidine rings is 1. The molecule has 2 aromatic carbocycles. The Morgan fingerprint density at radius 1 is 1.12 bits per heavy atom. The molecule has 2 N–H and O–H groups in total. The highest BCUT2D eigenvalue weighted by molar-refractivity contribution is 5.86. The van der Waals surface area contributed by atoms with Crippen molar-refractivity contribution in [1.29, 1.82) is 0 Å². The largest absolute Gasteiger partial charge is 0.497 e. The van der Waals surface area contributed by atoms with E-state index in [4.69, 9.17) is 9.73 Å². The zero-order valence-electron chi connectivity index (χ0n) is 19.8. The van der Waals surface area contributed by atoms with E-state index in [1.54, 1.807) is 7.11 Å². The monoisotopic (exact) mass is 459 g/mol. The van der Waals surface area contributed by atoms with E-state index in [-0.39, 0.29) is 11.7 Å². The first kappa shape index (κ1) is 21.5. The van der Waals surface area contributed by atoms with Gasteiger partial charge in [0.2, 0.25) is 0 Å². The molecule has 7 heteroatoms. The van der Waals surface area contributed by atoms with Crippen LogP contribution in [0.4, 0.5) is 0 Å². The van der Waals surface area contributed by atoms with Crippen LogP contribution >= 0.6 is 0 Å². The first-order valence-electron chi connectivity index (χ1n) is 12.6. The Morgan fingerprint density at radius 3 is 2.82 bits per heavy atom. The maximum Gasteiger partial charge on any atom is 0.326 e. The number of nitrogens with zero attached hydrogens (tertiary/aromatic N) is 3. The van der Waals surface area contributed by atoms with Crippen LogP contribution < -0.4 is 15.7 Å². The van der Waals surface area contributed by atoms with Crippen molar-refractivity contribution in [2.75, 3.05) is 33.3 Å². The highest BCUT2D eigenvalue weighted by Gasteiger charge is 2.36. The number of hydrogen-bond donors (Lipinski definition) is 2. The summed E-state index contributed by atoms with van der Waals surface area (Å²) in [5.41, 5.74) is 4.85. The highest BCUT2D eigenvalue weighted by Crippen LogP contribution is 2.39. The minimum absolute atomic E-state index is 0.0137. The van der Waals surface area contributed by atoms with Crippen LogP contribution in [0.25, 0.3) is 11.0 Å². The summed E-state index contributed by atoms with van der Waals surface area (Å²) < 4.78 is 7.38. The summed E-state index contributed by atoms with van der Waals surface area (Å²) in [6.07, 6.45) is 5.27. The average Bonchev–Trinajstić information content (AvgIpc) is 3.44. The lowest BCUT2D eigenvalue weighted by Crippen LogP contribution is -2.38. The first-order chi connectivity index (χ1) is 16.7. The minimum Gasteiger partial charge on any atom is -0.497 e. The van der Waals surface area contributed by atoms with Gasteiger partial charge in [-0.2, -0.15) is 0 Å². The molecule has 2 aliphatic heterocycles. The van der Waals surface area contributed by atoms with E-state index in [0.29, 0.717) is 12.0 Å². The van der Waals surface area contributed by atoms with Crippen LogP contribution in [0.2, 0.25) is 0 Å². The SMILES string of the molecule is COc1ccc2c(c1)CCC1NC(=NCCN3CCC(n4c(=O)[nH]c5ccccc54)CC3)CC21. The van der Waals surface area contributed by atoms with Gasteiger partial charge in [-0.3, -0.25) is 9.56 Å². The van der Waals surface area contributed by atoms with E-state index in [0.717, 1.165) is 75.1 Å². The molecule has 0 spiro atoms. The third-order valence-electron chi connectivity index (χ3n) is 7.99. The van der Waals surface area contributed by atoms with Gasteiger partial charge in [0.05, 0.1) is 30.5 Å². The Balaban J connectivity index is 1.04. The fourth-order valence-corrected chi connectivity index (χ4v) is 6.20. The van der Waals surface area contributed by atoms with Gasteiger partial charge in [-0.25, -0.2) is 4.79 Å². The predicted molar refractivity (Wildman–Crippen MR) is 135 cm³/mol. The lowest BCUT2D eigenvalue weighted by Gasteiger charge is -2.32. The Labute approximate surface area is 199 Å². The Kier molecular flexibility index (Phi) is 5.65. The average molecular weight is 460 g/mol. The Bertz CT molecular complexity index is 1270. The van der Waals surface area contributed by atoms with E-state index in [2.05, 4.69) is 33.4 Å². The van der Waals surface area contributed by atoms with Gasteiger partial charge in [0.1, 0.15) is 5.75 Å². The van der Waals surface area contributed by atoms with Crippen molar-refractivity contribution in [1.82, 2.24) is 19.8 Å². The maximum absolute atomic E-state index is 12.5. The van der Waals surface area contributed by atoms with Crippen LogP contribution in [0.5, 0.6) is 5.75 Å². The molecule has 0 saturated carbocycles. The van der Waals surface area contributed by atoms with E-state index in [1.165, 1.54) is 17.0 Å². The van der Waals surface area contributed by atoms with E-state index >= 15 is 0 Å². The van der Waals surface area contributed by atoms with Crippen LogP contribution in [-0.4, -0.2) is 59.6 Å². The standard InChI is InChI=1S/C27H33N5O2/c1-34-20-7-8-21-18(16-20)6-9-23-22(21)17-26(29-23)28-12-15-31-13-10-19(11-14-31)32-25-5-3-2-4-24(25)30-27(32)33/h2-5,7-8,16,19,22-23H,6,9-15,17H2,1H3,(H,28,29)(H,30,33). The number of benzene rings is 2. The number of fused-ring (bicyclic) bond motifs is 4. The van der Waals surface area contributed by atoms with Gasteiger partial charge in [-0.1, -0.05) is 18.2 Å². The number of methoxy groups -OCH3 is 1. The highest BCUT2D eigenvalue weighted by atomic mass is 16.5. The Hall–Kier alpha value is -3.06. The molecule has 7 nitrogen and oxygen atoms in total. The molecule has 34 heavy (non-hydrogen) atoms. The molecule has 2 unspecified atom stereocenters. The summed E-state index contributed by atoms with van der Waals surface area (Å²) in [5.74, 6) is 2.65. The molecule has 3 aliphatic rings.